The zero-order valence-electron chi connectivity index (χ0n) is 18.7. The first kappa shape index (κ1) is 24.0. The minimum atomic E-state index is 0.311. The summed E-state index contributed by atoms with van der Waals surface area (Å²) in [4.78, 5) is 5.00. The summed E-state index contributed by atoms with van der Waals surface area (Å²) < 4.78 is 6.48. The van der Waals surface area contributed by atoms with Gasteiger partial charge in [-0.1, -0.05) is 62.2 Å². The van der Waals surface area contributed by atoms with Crippen molar-refractivity contribution in [1.29, 1.82) is 0 Å². The summed E-state index contributed by atoms with van der Waals surface area (Å²) in [5.41, 5.74) is 2.40. The van der Waals surface area contributed by atoms with Crippen molar-refractivity contribution in [2.75, 3.05) is 25.4 Å². The van der Waals surface area contributed by atoms with Crippen molar-refractivity contribution in [3.8, 4) is 5.75 Å². The molecule has 2 nitrogen and oxygen atoms in total. The van der Waals surface area contributed by atoms with Gasteiger partial charge in [-0.3, -0.25) is 0 Å². The van der Waals surface area contributed by atoms with E-state index in [1.807, 2.05) is 17.2 Å². The van der Waals surface area contributed by atoms with E-state index >= 15 is 0 Å². The van der Waals surface area contributed by atoms with Crippen LogP contribution in [-0.2, 0) is 6.42 Å². The Balaban J connectivity index is 1.40. The maximum Gasteiger partial charge on any atom is 0.123 e. The van der Waals surface area contributed by atoms with Crippen LogP contribution < -0.4 is 4.74 Å². The summed E-state index contributed by atoms with van der Waals surface area (Å²) in [6.45, 7) is 13.6. The second-order valence-electron chi connectivity index (χ2n) is 7.91. The highest BCUT2D eigenvalue weighted by Gasteiger charge is 2.21. The molecule has 2 aromatic rings. The van der Waals surface area contributed by atoms with Crippen LogP contribution >= 0.6 is 23.5 Å². The molecule has 2 aromatic carbocycles. The highest BCUT2D eigenvalue weighted by atomic mass is 32.2. The lowest BCUT2D eigenvalue weighted by Crippen LogP contribution is -2.38. The van der Waals surface area contributed by atoms with Gasteiger partial charge in [-0.05, 0) is 79.1 Å². The molecule has 4 heteroatoms. The molecule has 1 saturated heterocycles. The number of aryl methyl sites for hydroxylation is 1. The van der Waals surface area contributed by atoms with E-state index in [0.29, 0.717) is 6.10 Å². The molecular formula is C27H35NOS2. The Kier molecular flexibility index (Phi) is 10.1. The van der Waals surface area contributed by atoms with Crippen molar-refractivity contribution in [2.24, 2.45) is 0 Å². The molecule has 0 aromatic heterocycles. The largest absolute Gasteiger partial charge is 0.490 e. The molecule has 0 saturated carbocycles. The van der Waals surface area contributed by atoms with Gasteiger partial charge in [-0.15, -0.1) is 11.8 Å². The van der Waals surface area contributed by atoms with Gasteiger partial charge in [0.25, 0.3) is 0 Å². The summed E-state index contributed by atoms with van der Waals surface area (Å²) in [7, 11) is 0. The molecule has 0 unspecified atom stereocenters. The molecule has 0 radical (unpaired) electrons. The van der Waals surface area contributed by atoms with Gasteiger partial charge in [0, 0.05) is 22.9 Å². The number of piperidine rings is 1. The van der Waals surface area contributed by atoms with Gasteiger partial charge >= 0.3 is 0 Å². The third kappa shape index (κ3) is 7.78. The molecule has 166 valence electrons. The fourth-order valence-electron chi connectivity index (χ4n) is 3.87. The number of hydrogen-bond acceptors (Lipinski definition) is 4. The monoisotopic (exact) mass is 453 g/mol. The molecule has 1 aliphatic rings. The first-order chi connectivity index (χ1) is 15.2. The van der Waals surface area contributed by atoms with E-state index in [9.17, 15) is 0 Å². The van der Waals surface area contributed by atoms with Crippen LogP contribution in [0.15, 0.2) is 72.0 Å². The van der Waals surface area contributed by atoms with Crippen LogP contribution in [0.1, 0.15) is 43.7 Å². The predicted octanol–water partition coefficient (Wildman–Crippen LogP) is 7.51. The molecule has 31 heavy (non-hydrogen) atoms. The fraction of sp³-hybridized carbons (Fsp3) is 0.407. The Bertz CT molecular complexity index is 828. The van der Waals surface area contributed by atoms with Crippen LogP contribution in [0.2, 0.25) is 0 Å². The molecule has 0 aliphatic carbocycles. The molecule has 1 heterocycles. The maximum atomic E-state index is 6.48. The van der Waals surface area contributed by atoms with E-state index in [0.717, 1.165) is 48.6 Å². The second-order valence-corrected chi connectivity index (χ2v) is 10.1. The van der Waals surface area contributed by atoms with Crippen LogP contribution in [0.5, 0.6) is 5.75 Å². The number of rotatable bonds is 12. The minimum absolute atomic E-state index is 0.311. The Labute approximate surface area is 197 Å². The number of ether oxygens (including phenoxy) is 1. The Hall–Kier alpha value is -1.62. The normalized spacial score (nSPS) is 15.0. The van der Waals surface area contributed by atoms with Crippen molar-refractivity contribution < 1.29 is 4.74 Å². The lowest BCUT2D eigenvalue weighted by Gasteiger charge is -2.32. The SMILES string of the molecule is C=CSC(=C)c1ccc(CC)c(OC2CCN(CCCCSc3ccccc3)CC2)c1. The van der Waals surface area contributed by atoms with Crippen molar-refractivity contribution in [3.05, 3.63) is 78.2 Å². The topological polar surface area (TPSA) is 12.5 Å². The van der Waals surface area contributed by atoms with Crippen LogP contribution in [0.4, 0.5) is 0 Å². The van der Waals surface area contributed by atoms with Gasteiger partial charge in [0.1, 0.15) is 11.9 Å². The number of benzene rings is 2. The zero-order valence-corrected chi connectivity index (χ0v) is 20.4. The van der Waals surface area contributed by atoms with Crippen LogP contribution in [0.3, 0.4) is 0 Å². The average molecular weight is 454 g/mol. The molecule has 0 bridgehead atoms. The Morgan fingerprint density at radius 3 is 2.61 bits per heavy atom. The third-order valence-electron chi connectivity index (χ3n) is 5.70. The number of hydrogen-bond donors (Lipinski definition) is 0. The van der Waals surface area contributed by atoms with Crippen molar-refractivity contribution >= 4 is 28.4 Å². The van der Waals surface area contributed by atoms with Gasteiger partial charge in [0.05, 0.1) is 0 Å². The van der Waals surface area contributed by atoms with E-state index in [2.05, 4.69) is 73.5 Å². The summed E-state index contributed by atoms with van der Waals surface area (Å²) in [5, 5.41) is 1.83. The lowest BCUT2D eigenvalue weighted by atomic mass is 10.1. The maximum absolute atomic E-state index is 6.48. The number of nitrogens with zero attached hydrogens (tertiary/aromatic N) is 1. The van der Waals surface area contributed by atoms with Gasteiger partial charge < -0.3 is 9.64 Å². The smallest absolute Gasteiger partial charge is 0.123 e. The van der Waals surface area contributed by atoms with Crippen LogP contribution in [0, 0.1) is 0 Å². The number of likely N-dealkylation sites (tertiary alicyclic amines) is 1. The van der Waals surface area contributed by atoms with Gasteiger partial charge in [-0.2, -0.15) is 0 Å². The van der Waals surface area contributed by atoms with E-state index in [1.165, 1.54) is 35.6 Å². The first-order valence-corrected chi connectivity index (χ1v) is 13.2. The molecular weight excluding hydrogens is 418 g/mol. The van der Waals surface area contributed by atoms with Gasteiger partial charge in [0.2, 0.25) is 0 Å². The molecule has 1 aliphatic heterocycles. The Morgan fingerprint density at radius 2 is 1.90 bits per heavy atom. The summed E-state index contributed by atoms with van der Waals surface area (Å²) in [5.74, 6) is 2.23. The molecule has 0 N–H and O–H groups in total. The standard InChI is InChI=1S/C27H35NOS2/c1-4-23-13-14-24(22(3)30-5-2)21-27(23)29-25-15-18-28(19-16-25)17-9-10-20-31-26-11-7-6-8-12-26/h5-8,11-14,21,25H,2-4,9-10,15-20H2,1H3. The zero-order chi connectivity index (χ0) is 21.9. The Morgan fingerprint density at radius 1 is 1.13 bits per heavy atom. The van der Waals surface area contributed by atoms with Gasteiger partial charge in [-0.25, -0.2) is 0 Å². The molecule has 0 amide bonds. The molecule has 0 spiro atoms. The quantitative estimate of drug-likeness (QED) is 0.243. The fourth-order valence-corrected chi connectivity index (χ4v) is 5.27. The van der Waals surface area contributed by atoms with E-state index in [-0.39, 0.29) is 0 Å². The summed E-state index contributed by atoms with van der Waals surface area (Å²) in [6.07, 6.45) is 6.05. The second kappa shape index (κ2) is 13.0. The highest BCUT2D eigenvalue weighted by molar-refractivity contribution is 8.10. The van der Waals surface area contributed by atoms with Crippen LogP contribution in [0.25, 0.3) is 4.91 Å². The highest BCUT2D eigenvalue weighted by Crippen LogP contribution is 2.32. The van der Waals surface area contributed by atoms with Crippen molar-refractivity contribution in [1.82, 2.24) is 4.90 Å². The van der Waals surface area contributed by atoms with E-state index in [1.54, 1.807) is 11.8 Å². The summed E-state index contributed by atoms with van der Waals surface area (Å²) >= 11 is 3.53. The van der Waals surface area contributed by atoms with Crippen molar-refractivity contribution in [2.45, 2.75) is 50.0 Å². The molecule has 3 rings (SSSR count). The molecule has 0 atom stereocenters. The minimum Gasteiger partial charge on any atom is -0.490 e. The average Bonchev–Trinajstić information content (AvgIpc) is 2.81. The molecule has 1 fully saturated rings. The van der Waals surface area contributed by atoms with Crippen LogP contribution in [-0.4, -0.2) is 36.4 Å². The van der Waals surface area contributed by atoms with Gasteiger partial charge in [0.15, 0.2) is 0 Å². The number of thioether (sulfide) groups is 2. The first-order valence-electron chi connectivity index (χ1n) is 11.4. The third-order valence-corrected chi connectivity index (χ3v) is 7.49. The van der Waals surface area contributed by atoms with Crippen molar-refractivity contribution in [3.63, 3.8) is 0 Å². The number of unbranched alkanes of at least 4 members (excludes halogenated alkanes) is 1. The lowest BCUT2D eigenvalue weighted by molar-refractivity contribution is 0.0991. The van der Waals surface area contributed by atoms with E-state index < -0.39 is 0 Å². The summed E-state index contributed by atoms with van der Waals surface area (Å²) in [6, 6.07) is 17.2. The predicted molar refractivity (Wildman–Crippen MR) is 139 cm³/mol. The van der Waals surface area contributed by atoms with E-state index in [4.69, 9.17) is 4.74 Å².